The van der Waals surface area contributed by atoms with Crippen LogP contribution in [0.4, 0.5) is 0 Å². The summed E-state index contributed by atoms with van der Waals surface area (Å²) in [4.78, 5) is 24.6. The number of aromatic nitrogens is 1. The summed E-state index contributed by atoms with van der Waals surface area (Å²) in [6, 6.07) is 11.0. The third-order valence-corrected chi connectivity index (χ3v) is 5.43. The van der Waals surface area contributed by atoms with Gasteiger partial charge in [-0.2, -0.15) is 0 Å². The van der Waals surface area contributed by atoms with Crippen LogP contribution in [0.15, 0.2) is 36.4 Å². The maximum atomic E-state index is 12.4. The monoisotopic (exact) mass is 383 g/mol. The average molecular weight is 383 g/mol. The third kappa shape index (κ3) is 4.94. The molecule has 2 aromatic rings. The molecule has 2 atom stereocenters. The number of nitrogens with one attached hydrogen (secondary N) is 2. The number of hydrogen-bond donors (Lipinski definition) is 2. The van der Waals surface area contributed by atoms with Crippen LogP contribution in [0.25, 0.3) is 0 Å². The van der Waals surface area contributed by atoms with Gasteiger partial charge >= 0.3 is 0 Å². The molecule has 6 nitrogen and oxygen atoms in total. The van der Waals surface area contributed by atoms with Crippen molar-refractivity contribution in [3.63, 3.8) is 0 Å². The zero-order chi connectivity index (χ0) is 20.1. The minimum atomic E-state index is -0.196. The number of ether oxygens (including phenoxy) is 1. The lowest BCUT2D eigenvalue weighted by Gasteiger charge is -2.29. The molecule has 1 aromatic heterocycles. The predicted molar refractivity (Wildman–Crippen MR) is 109 cm³/mol. The van der Waals surface area contributed by atoms with Gasteiger partial charge in [0.2, 0.25) is 0 Å². The van der Waals surface area contributed by atoms with Gasteiger partial charge in [-0.15, -0.1) is 0 Å². The first-order valence-electron chi connectivity index (χ1n) is 9.92. The van der Waals surface area contributed by atoms with Crippen LogP contribution >= 0.6 is 0 Å². The van der Waals surface area contributed by atoms with Gasteiger partial charge in [0.05, 0.1) is 0 Å². The zero-order valence-corrected chi connectivity index (χ0v) is 16.8. The molecule has 1 fully saturated rings. The molecule has 2 amide bonds. The second-order valence-electron chi connectivity index (χ2n) is 7.64. The van der Waals surface area contributed by atoms with E-state index in [9.17, 15) is 9.59 Å². The molecule has 1 aromatic carbocycles. The van der Waals surface area contributed by atoms with Crippen molar-refractivity contribution in [1.82, 2.24) is 9.99 Å². The maximum absolute atomic E-state index is 12.4. The Morgan fingerprint density at radius 2 is 1.68 bits per heavy atom. The number of carbonyl (C=O) groups excluding carboxylic acids is 2. The van der Waals surface area contributed by atoms with Crippen molar-refractivity contribution in [2.75, 3.05) is 12.0 Å². The highest BCUT2D eigenvalue weighted by atomic mass is 16.5. The second kappa shape index (κ2) is 8.95. The van der Waals surface area contributed by atoms with E-state index in [1.54, 1.807) is 28.9 Å². The Kier molecular flexibility index (Phi) is 6.39. The van der Waals surface area contributed by atoms with Gasteiger partial charge in [0, 0.05) is 23.0 Å². The van der Waals surface area contributed by atoms with Gasteiger partial charge in [-0.3, -0.25) is 19.7 Å². The first-order valence-corrected chi connectivity index (χ1v) is 9.92. The SMILES string of the molecule is Cc1ccc(C)n1NC(=O)c1ccc(OCC(=O)N[C@H]2CCCC[C@H]2C)cc1. The molecule has 3 rings (SSSR count). The molecular weight excluding hydrogens is 354 g/mol. The molecule has 0 radical (unpaired) electrons. The van der Waals surface area contributed by atoms with E-state index in [2.05, 4.69) is 17.7 Å². The van der Waals surface area contributed by atoms with Crippen molar-refractivity contribution < 1.29 is 14.3 Å². The van der Waals surface area contributed by atoms with Gasteiger partial charge in [-0.05, 0) is 69.0 Å². The summed E-state index contributed by atoms with van der Waals surface area (Å²) >= 11 is 0. The summed E-state index contributed by atoms with van der Waals surface area (Å²) in [6.45, 7) is 6.04. The van der Waals surface area contributed by atoms with E-state index in [-0.39, 0.29) is 24.5 Å². The Morgan fingerprint density at radius 3 is 2.32 bits per heavy atom. The van der Waals surface area contributed by atoms with Gasteiger partial charge in [0.15, 0.2) is 6.61 Å². The Morgan fingerprint density at radius 1 is 1.04 bits per heavy atom. The molecule has 28 heavy (non-hydrogen) atoms. The Labute approximate surface area is 166 Å². The van der Waals surface area contributed by atoms with Crippen molar-refractivity contribution in [3.05, 3.63) is 53.3 Å². The first kappa shape index (κ1) is 20.0. The van der Waals surface area contributed by atoms with E-state index in [1.807, 2.05) is 26.0 Å². The minimum Gasteiger partial charge on any atom is -0.484 e. The fourth-order valence-electron chi connectivity index (χ4n) is 3.64. The molecule has 0 aliphatic heterocycles. The average Bonchev–Trinajstić information content (AvgIpc) is 3.00. The predicted octanol–water partition coefficient (Wildman–Crippen LogP) is 3.56. The Hall–Kier alpha value is -2.76. The molecule has 1 saturated carbocycles. The second-order valence-corrected chi connectivity index (χ2v) is 7.64. The molecule has 0 saturated heterocycles. The number of hydrogen-bond acceptors (Lipinski definition) is 3. The van der Waals surface area contributed by atoms with Crippen molar-refractivity contribution in [2.24, 2.45) is 5.92 Å². The molecule has 1 aliphatic carbocycles. The van der Waals surface area contributed by atoms with Crippen molar-refractivity contribution >= 4 is 11.8 Å². The number of nitrogens with zero attached hydrogens (tertiary/aromatic N) is 1. The van der Waals surface area contributed by atoms with Crippen molar-refractivity contribution in [2.45, 2.75) is 52.5 Å². The van der Waals surface area contributed by atoms with E-state index in [4.69, 9.17) is 4.74 Å². The normalized spacial score (nSPS) is 19.1. The fourth-order valence-corrected chi connectivity index (χ4v) is 3.64. The largest absolute Gasteiger partial charge is 0.484 e. The molecule has 1 heterocycles. The van der Waals surface area contributed by atoms with E-state index in [0.717, 1.165) is 24.2 Å². The summed E-state index contributed by atoms with van der Waals surface area (Å²) in [5.41, 5.74) is 5.32. The van der Waals surface area contributed by atoms with Crippen LogP contribution in [-0.4, -0.2) is 29.1 Å². The highest BCUT2D eigenvalue weighted by molar-refractivity contribution is 6.00. The summed E-state index contributed by atoms with van der Waals surface area (Å²) in [5.74, 6) is 0.789. The van der Waals surface area contributed by atoms with E-state index in [1.165, 1.54) is 12.8 Å². The number of amides is 2. The van der Waals surface area contributed by atoms with Crippen LogP contribution in [-0.2, 0) is 4.79 Å². The molecule has 2 N–H and O–H groups in total. The number of carbonyl (C=O) groups is 2. The highest BCUT2D eigenvalue weighted by Gasteiger charge is 2.22. The topological polar surface area (TPSA) is 72.4 Å². The first-order chi connectivity index (χ1) is 13.4. The summed E-state index contributed by atoms with van der Waals surface area (Å²) in [5, 5.41) is 3.07. The van der Waals surface area contributed by atoms with Gasteiger partial charge < -0.3 is 10.1 Å². The van der Waals surface area contributed by atoms with E-state index < -0.39 is 0 Å². The number of benzene rings is 1. The number of rotatable bonds is 6. The number of aryl methyl sites for hydroxylation is 2. The van der Waals surface area contributed by atoms with Crippen LogP contribution in [0.5, 0.6) is 5.75 Å². The molecule has 0 spiro atoms. The molecular formula is C22H29N3O3. The smallest absolute Gasteiger partial charge is 0.270 e. The lowest BCUT2D eigenvalue weighted by Crippen LogP contribution is -2.43. The van der Waals surface area contributed by atoms with Gasteiger partial charge in [0.25, 0.3) is 11.8 Å². The van der Waals surface area contributed by atoms with Gasteiger partial charge in [0.1, 0.15) is 5.75 Å². The van der Waals surface area contributed by atoms with Crippen LogP contribution in [0.1, 0.15) is 54.4 Å². The minimum absolute atomic E-state index is 0.0173. The molecule has 1 aliphatic rings. The molecule has 0 bridgehead atoms. The van der Waals surface area contributed by atoms with Crippen molar-refractivity contribution in [3.8, 4) is 5.75 Å². The van der Waals surface area contributed by atoms with E-state index in [0.29, 0.717) is 17.2 Å². The summed E-state index contributed by atoms with van der Waals surface area (Å²) in [6.07, 6.45) is 4.61. The van der Waals surface area contributed by atoms with Crippen LogP contribution in [0.2, 0.25) is 0 Å². The zero-order valence-electron chi connectivity index (χ0n) is 16.8. The summed E-state index contributed by atoms with van der Waals surface area (Å²) in [7, 11) is 0. The Bertz CT molecular complexity index is 807. The Balaban J connectivity index is 1.50. The van der Waals surface area contributed by atoms with E-state index >= 15 is 0 Å². The quantitative estimate of drug-likeness (QED) is 0.801. The standard InChI is InChI=1S/C22H29N3O3/c1-15-6-4-5-7-20(15)23-21(26)14-28-19-12-10-18(11-13-19)22(27)24-25-16(2)8-9-17(25)3/h8-13,15,20H,4-7,14H2,1-3H3,(H,23,26)(H,24,27)/t15-,20+/m1/s1. The van der Waals surface area contributed by atoms with Crippen LogP contribution < -0.4 is 15.5 Å². The third-order valence-electron chi connectivity index (χ3n) is 5.43. The van der Waals surface area contributed by atoms with Crippen LogP contribution in [0.3, 0.4) is 0 Å². The maximum Gasteiger partial charge on any atom is 0.270 e. The molecule has 150 valence electrons. The van der Waals surface area contributed by atoms with Crippen LogP contribution in [0, 0.1) is 19.8 Å². The molecule has 6 heteroatoms. The van der Waals surface area contributed by atoms with Gasteiger partial charge in [-0.1, -0.05) is 19.8 Å². The van der Waals surface area contributed by atoms with Gasteiger partial charge in [-0.25, -0.2) is 0 Å². The summed E-state index contributed by atoms with van der Waals surface area (Å²) < 4.78 is 7.33. The highest BCUT2D eigenvalue weighted by Crippen LogP contribution is 2.23. The molecule has 0 unspecified atom stereocenters. The van der Waals surface area contributed by atoms with Crippen molar-refractivity contribution in [1.29, 1.82) is 0 Å². The fraction of sp³-hybridized carbons (Fsp3) is 0.455. The lowest BCUT2D eigenvalue weighted by molar-refractivity contribution is -0.124. The lowest BCUT2D eigenvalue weighted by atomic mass is 9.86.